The largest absolute Gasteiger partial charge is 0.398 e. The van der Waals surface area contributed by atoms with Crippen molar-refractivity contribution >= 4 is 44.9 Å². The van der Waals surface area contributed by atoms with Gasteiger partial charge in [-0.25, -0.2) is 4.98 Å². The highest BCUT2D eigenvalue weighted by Gasteiger charge is 2.11. The van der Waals surface area contributed by atoms with E-state index in [1.807, 2.05) is 6.92 Å². The maximum atomic E-state index is 12.1. The zero-order chi connectivity index (χ0) is 14.0. The van der Waals surface area contributed by atoms with Gasteiger partial charge in [0, 0.05) is 21.4 Å². The standard InChI is InChI=1S/C13H11BrClN3O/c1-7-4-12(17-6-10(7)14)18-13(19)9-3-2-8(15)5-11(9)16/h2-6H,16H2,1H3,(H,17,18,19). The first kappa shape index (κ1) is 13.8. The van der Waals surface area contributed by atoms with E-state index in [-0.39, 0.29) is 5.91 Å². The van der Waals surface area contributed by atoms with Crippen LogP contribution in [0.1, 0.15) is 15.9 Å². The van der Waals surface area contributed by atoms with Gasteiger partial charge in [-0.3, -0.25) is 4.79 Å². The molecule has 0 aliphatic heterocycles. The predicted molar refractivity (Wildman–Crippen MR) is 80.5 cm³/mol. The van der Waals surface area contributed by atoms with Crippen molar-refractivity contribution in [3.8, 4) is 0 Å². The number of aryl methyl sites for hydroxylation is 1. The summed E-state index contributed by atoms with van der Waals surface area (Å²) in [7, 11) is 0. The number of carbonyl (C=O) groups is 1. The maximum absolute atomic E-state index is 12.1. The lowest BCUT2D eigenvalue weighted by Gasteiger charge is -2.08. The molecule has 0 radical (unpaired) electrons. The highest BCUT2D eigenvalue weighted by molar-refractivity contribution is 9.10. The minimum absolute atomic E-state index is 0.316. The lowest BCUT2D eigenvalue weighted by Crippen LogP contribution is -2.15. The van der Waals surface area contributed by atoms with Crippen molar-refractivity contribution in [2.75, 3.05) is 11.1 Å². The Morgan fingerprint density at radius 2 is 2.16 bits per heavy atom. The summed E-state index contributed by atoms with van der Waals surface area (Å²) in [6.45, 7) is 1.91. The summed E-state index contributed by atoms with van der Waals surface area (Å²) in [4.78, 5) is 16.2. The van der Waals surface area contributed by atoms with Crippen LogP contribution in [-0.2, 0) is 0 Å². The fourth-order valence-corrected chi connectivity index (χ4v) is 1.93. The Balaban J connectivity index is 2.23. The predicted octanol–water partition coefficient (Wildman–Crippen LogP) is 3.64. The number of nitrogens with one attached hydrogen (secondary N) is 1. The van der Waals surface area contributed by atoms with E-state index >= 15 is 0 Å². The molecule has 0 fully saturated rings. The molecular formula is C13H11BrClN3O. The molecule has 2 aromatic rings. The van der Waals surface area contributed by atoms with Crippen LogP contribution in [0.3, 0.4) is 0 Å². The zero-order valence-electron chi connectivity index (χ0n) is 10.1. The molecule has 0 saturated carbocycles. The van der Waals surface area contributed by atoms with Crippen LogP contribution in [0.25, 0.3) is 0 Å². The van der Waals surface area contributed by atoms with Gasteiger partial charge in [0.25, 0.3) is 5.91 Å². The third kappa shape index (κ3) is 3.24. The van der Waals surface area contributed by atoms with Gasteiger partial charge in [-0.2, -0.15) is 0 Å². The molecule has 0 aliphatic carbocycles. The normalized spacial score (nSPS) is 10.3. The molecular weight excluding hydrogens is 330 g/mol. The summed E-state index contributed by atoms with van der Waals surface area (Å²) in [5.41, 5.74) is 7.44. The van der Waals surface area contributed by atoms with Crippen molar-refractivity contribution in [2.45, 2.75) is 6.92 Å². The summed E-state index contributed by atoms with van der Waals surface area (Å²) < 4.78 is 0.886. The Morgan fingerprint density at radius 3 is 2.79 bits per heavy atom. The number of nitrogens with two attached hydrogens (primary N) is 1. The van der Waals surface area contributed by atoms with Crippen LogP contribution in [0.4, 0.5) is 11.5 Å². The molecule has 19 heavy (non-hydrogen) atoms. The molecule has 1 amide bonds. The quantitative estimate of drug-likeness (QED) is 0.820. The lowest BCUT2D eigenvalue weighted by molar-refractivity contribution is 0.102. The molecule has 2 rings (SSSR count). The Labute approximate surface area is 124 Å². The second kappa shape index (κ2) is 5.59. The van der Waals surface area contributed by atoms with E-state index in [4.69, 9.17) is 17.3 Å². The Bertz CT molecular complexity index is 646. The SMILES string of the molecule is Cc1cc(NC(=O)c2ccc(Cl)cc2N)ncc1Br. The molecule has 4 nitrogen and oxygen atoms in total. The van der Waals surface area contributed by atoms with Crippen LogP contribution < -0.4 is 11.1 Å². The monoisotopic (exact) mass is 339 g/mol. The first-order valence-electron chi connectivity index (χ1n) is 5.46. The molecule has 1 heterocycles. The number of rotatable bonds is 2. The van der Waals surface area contributed by atoms with Crippen LogP contribution >= 0.6 is 27.5 Å². The molecule has 0 atom stereocenters. The highest BCUT2D eigenvalue weighted by Crippen LogP contribution is 2.21. The van der Waals surface area contributed by atoms with Gasteiger partial charge in [0.2, 0.25) is 0 Å². The molecule has 0 saturated heterocycles. The summed E-state index contributed by atoms with van der Waals surface area (Å²) in [6, 6.07) is 6.51. The Hall–Kier alpha value is -1.59. The number of nitrogen functional groups attached to an aromatic ring is 1. The number of hydrogen-bond donors (Lipinski definition) is 2. The van der Waals surface area contributed by atoms with Crippen LogP contribution in [0, 0.1) is 6.92 Å². The number of halogens is 2. The van der Waals surface area contributed by atoms with Crippen LogP contribution in [0.15, 0.2) is 34.9 Å². The van der Waals surface area contributed by atoms with Crippen molar-refractivity contribution in [3.63, 3.8) is 0 Å². The van der Waals surface area contributed by atoms with E-state index in [2.05, 4.69) is 26.2 Å². The number of hydrogen-bond acceptors (Lipinski definition) is 3. The second-order valence-corrected chi connectivity index (χ2v) is 5.30. The topological polar surface area (TPSA) is 68.0 Å². The fourth-order valence-electron chi connectivity index (χ4n) is 1.53. The Kier molecular flexibility index (Phi) is 4.07. The summed E-state index contributed by atoms with van der Waals surface area (Å²) >= 11 is 9.14. The van der Waals surface area contributed by atoms with E-state index in [0.717, 1.165) is 10.0 Å². The summed E-state index contributed by atoms with van der Waals surface area (Å²) in [5.74, 6) is 0.156. The maximum Gasteiger partial charge on any atom is 0.258 e. The van der Waals surface area contributed by atoms with E-state index in [0.29, 0.717) is 22.1 Å². The summed E-state index contributed by atoms with van der Waals surface area (Å²) in [6.07, 6.45) is 1.64. The van der Waals surface area contributed by atoms with Gasteiger partial charge in [0.05, 0.1) is 5.56 Å². The van der Waals surface area contributed by atoms with Crippen molar-refractivity contribution in [1.29, 1.82) is 0 Å². The van der Waals surface area contributed by atoms with Crippen LogP contribution in [-0.4, -0.2) is 10.9 Å². The fraction of sp³-hybridized carbons (Fsp3) is 0.0769. The molecule has 1 aromatic carbocycles. The average molecular weight is 341 g/mol. The molecule has 0 aliphatic rings. The third-order valence-corrected chi connectivity index (χ3v) is 3.61. The lowest BCUT2D eigenvalue weighted by atomic mass is 10.1. The van der Waals surface area contributed by atoms with Gasteiger partial charge in [-0.05, 0) is 52.7 Å². The number of pyridine rings is 1. The minimum Gasteiger partial charge on any atom is -0.398 e. The number of benzene rings is 1. The van der Waals surface area contributed by atoms with Crippen molar-refractivity contribution < 1.29 is 4.79 Å². The van der Waals surface area contributed by atoms with Gasteiger partial charge in [-0.15, -0.1) is 0 Å². The second-order valence-electron chi connectivity index (χ2n) is 4.00. The first-order valence-corrected chi connectivity index (χ1v) is 6.63. The molecule has 0 bridgehead atoms. The van der Waals surface area contributed by atoms with Gasteiger partial charge in [0.1, 0.15) is 5.82 Å². The number of nitrogens with zero attached hydrogens (tertiary/aromatic N) is 1. The zero-order valence-corrected chi connectivity index (χ0v) is 12.4. The molecule has 0 unspecified atom stereocenters. The molecule has 0 spiro atoms. The Morgan fingerprint density at radius 1 is 1.42 bits per heavy atom. The smallest absolute Gasteiger partial charge is 0.258 e. The number of amides is 1. The number of anilines is 2. The summed E-state index contributed by atoms with van der Waals surface area (Å²) in [5, 5.41) is 3.18. The molecule has 3 N–H and O–H groups in total. The molecule has 6 heteroatoms. The number of aromatic nitrogens is 1. The van der Waals surface area contributed by atoms with E-state index in [9.17, 15) is 4.79 Å². The highest BCUT2D eigenvalue weighted by atomic mass is 79.9. The van der Waals surface area contributed by atoms with Gasteiger partial charge in [0.15, 0.2) is 0 Å². The minimum atomic E-state index is -0.316. The third-order valence-electron chi connectivity index (χ3n) is 2.55. The van der Waals surface area contributed by atoms with Crippen LogP contribution in [0.5, 0.6) is 0 Å². The van der Waals surface area contributed by atoms with E-state index < -0.39 is 0 Å². The first-order chi connectivity index (χ1) is 8.97. The van der Waals surface area contributed by atoms with E-state index in [1.54, 1.807) is 24.4 Å². The number of carbonyl (C=O) groups excluding carboxylic acids is 1. The average Bonchev–Trinajstić information content (AvgIpc) is 2.33. The van der Waals surface area contributed by atoms with Crippen LogP contribution in [0.2, 0.25) is 5.02 Å². The van der Waals surface area contributed by atoms with Gasteiger partial charge in [-0.1, -0.05) is 11.6 Å². The van der Waals surface area contributed by atoms with Gasteiger partial charge >= 0.3 is 0 Å². The molecule has 1 aromatic heterocycles. The van der Waals surface area contributed by atoms with E-state index in [1.165, 1.54) is 6.07 Å². The molecule has 98 valence electrons. The van der Waals surface area contributed by atoms with Crippen molar-refractivity contribution in [1.82, 2.24) is 4.98 Å². The van der Waals surface area contributed by atoms with Crippen molar-refractivity contribution in [2.24, 2.45) is 0 Å². The van der Waals surface area contributed by atoms with Crippen molar-refractivity contribution in [3.05, 3.63) is 51.1 Å². The van der Waals surface area contributed by atoms with Gasteiger partial charge < -0.3 is 11.1 Å².